The number of nitrogens with one attached hydrogen (secondary N) is 1. The maximum atomic E-state index is 12.1. The van der Waals surface area contributed by atoms with Gasteiger partial charge in [0.2, 0.25) is 0 Å². The molecule has 0 fully saturated rings. The van der Waals surface area contributed by atoms with Crippen molar-refractivity contribution in [1.29, 1.82) is 0 Å². The summed E-state index contributed by atoms with van der Waals surface area (Å²) in [7, 11) is -3.79. The second kappa shape index (κ2) is 5.62. The van der Waals surface area contributed by atoms with Gasteiger partial charge in [0, 0.05) is 16.9 Å². The van der Waals surface area contributed by atoms with Crippen molar-refractivity contribution in [2.75, 3.05) is 4.72 Å². The Morgan fingerprint density at radius 1 is 1.21 bits per heavy atom. The summed E-state index contributed by atoms with van der Waals surface area (Å²) in [6.45, 7) is 0. The smallest absolute Gasteiger partial charge is 0.262 e. The molecule has 0 unspecified atom stereocenters. The van der Waals surface area contributed by atoms with E-state index in [4.69, 9.17) is 23.2 Å². The second-order valence-corrected chi connectivity index (χ2v) is 6.76. The van der Waals surface area contributed by atoms with Gasteiger partial charge in [0.1, 0.15) is 5.15 Å². The minimum absolute atomic E-state index is 0.0106. The zero-order chi connectivity index (χ0) is 14.0. The van der Waals surface area contributed by atoms with Crippen LogP contribution in [0.25, 0.3) is 0 Å². The number of halogens is 3. The molecule has 9 heteroatoms. The first kappa shape index (κ1) is 14.5. The number of sulfonamides is 1. The Labute approximate surface area is 128 Å². The third-order valence-corrected chi connectivity index (χ3v) is 4.36. The van der Waals surface area contributed by atoms with Crippen LogP contribution in [0.4, 0.5) is 5.69 Å². The monoisotopic (exact) mass is 381 g/mol. The van der Waals surface area contributed by atoms with Gasteiger partial charge in [-0.1, -0.05) is 23.2 Å². The molecule has 2 heterocycles. The van der Waals surface area contributed by atoms with E-state index in [0.717, 1.165) is 0 Å². The Bertz CT molecular complexity index is 724. The quantitative estimate of drug-likeness (QED) is 0.826. The highest BCUT2D eigenvalue weighted by atomic mass is 79.9. The lowest BCUT2D eigenvalue weighted by molar-refractivity contribution is 0.601. The zero-order valence-electron chi connectivity index (χ0n) is 9.14. The topological polar surface area (TPSA) is 72.0 Å². The summed E-state index contributed by atoms with van der Waals surface area (Å²) >= 11 is 14.7. The summed E-state index contributed by atoms with van der Waals surface area (Å²) in [4.78, 5) is 7.54. The summed E-state index contributed by atoms with van der Waals surface area (Å²) in [5.41, 5.74) is 0.170. The molecule has 0 aliphatic heterocycles. The second-order valence-electron chi connectivity index (χ2n) is 3.41. The average Bonchev–Trinajstić information content (AvgIpc) is 2.33. The summed E-state index contributed by atoms with van der Waals surface area (Å²) in [6.07, 6.45) is 2.76. The van der Waals surface area contributed by atoms with E-state index in [1.54, 1.807) is 0 Å². The lowest BCUT2D eigenvalue weighted by Crippen LogP contribution is -2.13. The largest absolute Gasteiger partial charge is 0.276 e. The van der Waals surface area contributed by atoms with Gasteiger partial charge in [-0.05, 0) is 34.1 Å². The lowest BCUT2D eigenvalue weighted by atomic mass is 10.4. The first-order chi connectivity index (χ1) is 8.88. The van der Waals surface area contributed by atoms with Crippen LogP contribution >= 0.6 is 39.1 Å². The van der Waals surface area contributed by atoms with Gasteiger partial charge in [-0.15, -0.1) is 0 Å². The number of rotatable bonds is 3. The van der Waals surface area contributed by atoms with E-state index in [9.17, 15) is 8.42 Å². The van der Waals surface area contributed by atoms with Gasteiger partial charge in [-0.25, -0.2) is 18.4 Å². The molecule has 100 valence electrons. The minimum Gasteiger partial charge on any atom is -0.276 e. The molecular weight excluding hydrogens is 377 g/mol. The van der Waals surface area contributed by atoms with Crippen molar-refractivity contribution in [1.82, 2.24) is 9.97 Å². The molecule has 19 heavy (non-hydrogen) atoms. The van der Waals surface area contributed by atoms with Crippen LogP contribution in [0.1, 0.15) is 0 Å². The van der Waals surface area contributed by atoms with E-state index in [2.05, 4.69) is 30.6 Å². The Kier molecular flexibility index (Phi) is 4.29. The SMILES string of the molecule is O=S(=O)(Nc1cc(Br)cnc1Cl)c1ccnc(Cl)c1. The van der Waals surface area contributed by atoms with Gasteiger partial charge in [0.15, 0.2) is 5.15 Å². The van der Waals surface area contributed by atoms with Crippen molar-refractivity contribution < 1.29 is 8.42 Å². The normalized spacial score (nSPS) is 11.3. The van der Waals surface area contributed by atoms with E-state index in [1.807, 2.05) is 0 Å². The predicted octanol–water partition coefficient (Wildman–Crippen LogP) is 3.35. The van der Waals surface area contributed by atoms with Crippen LogP contribution in [0.15, 0.2) is 40.0 Å². The third kappa shape index (κ3) is 3.56. The Morgan fingerprint density at radius 2 is 1.95 bits per heavy atom. The fourth-order valence-corrected chi connectivity index (χ4v) is 3.10. The molecule has 2 aromatic heterocycles. The highest BCUT2D eigenvalue weighted by Gasteiger charge is 2.17. The van der Waals surface area contributed by atoms with Gasteiger partial charge in [0.25, 0.3) is 10.0 Å². The fraction of sp³-hybridized carbons (Fsp3) is 0. The average molecular weight is 383 g/mol. The number of nitrogens with zero attached hydrogens (tertiary/aromatic N) is 2. The molecule has 5 nitrogen and oxygen atoms in total. The Morgan fingerprint density at radius 3 is 2.63 bits per heavy atom. The van der Waals surface area contributed by atoms with E-state index in [1.165, 1.54) is 30.6 Å². The van der Waals surface area contributed by atoms with E-state index in [-0.39, 0.29) is 20.9 Å². The molecule has 2 rings (SSSR count). The molecule has 0 saturated carbocycles. The van der Waals surface area contributed by atoms with Crippen molar-refractivity contribution in [3.63, 3.8) is 0 Å². The molecule has 0 spiro atoms. The van der Waals surface area contributed by atoms with E-state index < -0.39 is 10.0 Å². The Balaban J connectivity index is 2.39. The third-order valence-electron chi connectivity index (χ3n) is 2.06. The maximum absolute atomic E-state index is 12.1. The highest BCUT2D eigenvalue weighted by molar-refractivity contribution is 9.10. The van der Waals surface area contributed by atoms with Crippen LogP contribution in [0, 0.1) is 0 Å². The number of anilines is 1. The number of pyridine rings is 2. The van der Waals surface area contributed by atoms with Gasteiger partial charge in [-0.3, -0.25) is 4.72 Å². The molecule has 0 radical (unpaired) electrons. The number of hydrogen-bond donors (Lipinski definition) is 1. The van der Waals surface area contributed by atoms with Crippen LogP contribution in [-0.4, -0.2) is 18.4 Å². The van der Waals surface area contributed by atoms with Gasteiger partial charge in [0.05, 0.1) is 10.6 Å². The van der Waals surface area contributed by atoms with Crippen molar-refractivity contribution in [3.8, 4) is 0 Å². The molecule has 0 amide bonds. The van der Waals surface area contributed by atoms with Crippen LogP contribution in [-0.2, 0) is 10.0 Å². The van der Waals surface area contributed by atoms with E-state index in [0.29, 0.717) is 4.47 Å². The van der Waals surface area contributed by atoms with Gasteiger partial charge >= 0.3 is 0 Å². The molecule has 1 N–H and O–H groups in total. The molecule has 0 aliphatic carbocycles. The fourth-order valence-electron chi connectivity index (χ4n) is 1.25. The summed E-state index contributed by atoms with van der Waals surface area (Å²) < 4.78 is 27.2. The molecule has 2 aromatic rings. The predicted molar refractivity (Wildman–Crippen MR) is 77.0 cm³/mol. The summed E-state index contributed by atoms with van der Waals surface area (Å²) in [5.74, 6) is 0. The minimum atomic E-state index is -3.79. The van der Waals surface area contributed by atoms with Crippen molar-refractivity contribution >= 4 is 54.8 Å². The molecule has 0 aliphatic rings. The summed E-state index contributed by atoms with van der Waals surface area (Å²) in [5, 5.41) is 0.133. The summed E-state index contributed by atoms with van der Waals surface area (Å²) in [6, 6.07) is 4.08. The van der Waals surface area contributed by atoms with Crippen LogP contribution in [0.5, 0.6) is 0 Å². The van der Waals surface area contributed by atoms with Gasteiger partial charge in [-0.2, -0.15) is 0 Å². The number of hydrogen-bond acceptors (Lipinski definition) is 4. The lowest BCUT2D eigenvalue weighted by Gasteiger charge is -2.09. The van der Waals surface area contributed by atoms with Crippen LogP contribution in [0.2, 0.25) is 10.3 Å². The van der Waals surface area contributed by atoms with Crippen molar-refractivity contribution in [2.24, 2.45) is 0 Å². The molecule has 0 saturated heterocycles. The standard InChI is InChI=1S/C10H6BrCl2N3O2S/c11-6-3-8(10(13)15-5-6)16-19(17,18)7-1-2-14-9(12)4-7/h1-5,16H. The van der Waals surface area contributed by atoms with Crippen LogP contribution < -0.4 is 4.72 Å². The molecular formula is C10H6BrCl2N3O2S. The Hall–Kier alpha value is -0.890. The van der Waals surface area contributed by atoms with Crippen LogP contribution in [0.3, 0.4) is 0 Å². The van der Waals surface area contributed by atoms with E-state index >= 15 is 0 Å². The molecule has 0 atom stereocenters. The number of aromatic nitrogens is 2. The first-order valence-corrected chi connectivity index (χ1v) is 7.87. The maximum Gasteiger partial charge on any atom is 0.262 e. The van der Waals surface area contributed by atoms with Crippen molar-refractivity contribution in [2.45, 2.75) is 4.90 Å². The van der Waals surface area contributed by atoms with Crippen molar-refractivity contribution in [3.05, 3.63) is 45.4 Å². The highest BCUT2D eigenvalue weighted by Crippen LogP contribution is 2.26. The van der Waals surface area contributed by atoms with Gasteiger partial charge < -0.3 is 0 Å². The molecule has 0 bridgehead atoms. The molecule has 0 aromatic carbocycles. The zero-order valence-corrected chi connectivity index (χ0v) is 13.1. The first-order valence-electron chi connectivity index (χ1n) is 4.84.